The Kier molecular flexibility index (Phi) is 3.19. The van der Waals surface area contributed by atoms with E-state index in [1.54, 1.807) is 7.11 Å². The molecule has 2 aromatic carbocycles. The van der Waals surface area contributed by atoms with Crippen LogP contribution in [0.4, 0.5) is 5.95 Å². The molecule has 5 heteroatoms. The van der Waals surface area contributed by atoms with Gasteiger partial charge in [0, 0.05) is 30.7 Å². The van der Waals surface area contributed by atoms with E-state index in [2.05, 4.69) is 32.0 Å². The van der Waals surface area contributed by atoms with E-state index in [-0.39, 0.29) is 0 Å². The van der Waals surface area contributed by atoms with Gasteiger partial charge < -0.3 is 19.6 Å². The quantitative estimate of drug-likeness (QED) is 0.605. The van der Waals surface area contributed by atoms with Gasteiger partial charge in [0.1, 0.15) is 5.75 Å². The molecule has 2 heterocycles. The Hall–Kier alpha value is -2.95. The van der Waals surface area contributed by atoms with Gasteiger partial charge in [-0.25, -0.2) is 4.98 Å². The highest BCUT2D eigenvalue weighted by Crippen LogP contribution is 2.25. The smallest absolute Gasteiger partial charge is 0.203 e. The molecule has 116 valence electrons. The van der Waals surface area contributed by atoms with Gasteiger partial charge in [0.2, 0.25) is 5.95 Å². The van der Waals surface area contributed by atoms with E-state index in [9.17, 15) is 0 Å². The fourth-order valence-corrected chi connectivity index (χ4v) is 2.91. The molecule has 0 atom stereocenters. The van der Waals surface area contributed by atoms with Crippen molar-refractivity contribution >= 4 is 27.9 Å². The van der Waals surface area contributed by atoms with Gasteiger partial charge in [-0.1, -0.05) is 12.1 Å². The van der Waals surface area contributed by atoms with Crippen molar-refractivity contribution in [3.05, 3.63) is 54.2 Å². The lowest BCUT2D eigenvalue weighted by molar-refractivity contribution is 0.415. The van der Waals surface area contributed by atoms with Crippen molar-refractivity contribution in [3.63, 3.8) is 0 Å². The molecule has 5 nitrogen and oxygen atoms in total. The van der Waals surface area contributed by atoms with Gasteiger partial charge in [0.05, 0.1) is 18.1 Å². The molecule has 0 unspecified atom stereocenters. The van der Waals surface area contributed by atoms with Gasteiger partial charge in [-0.05, 0) is 35.9 Å². The number of anilines is 1. The van der Waals surface area contributed by atoms with Gasteiger partial charge in [-0.2, -0.15) is 0 Å². The lowest BCUT2D eigenvalue weighted by Crippen LogP contribution is -2.04. The van der Waals surface area contributed by atoms with Crippen LogP contribution in [0.2, 0.25) is 0 Å². The van der Waals surface area contributed by atoms with Crippen molar-refractivity contribution in [3.8, 4) is 5.75 Å². The number of ether oxygens (including phenoxy) is 1. The van der Waals surface area contributed by atoms with E-state index in [1.807, 2.05) is 43.6 Å². The number of para-hydroxylation sites is 2. The summed E-state index contributed by atoms with van der Waals surface area (Å²) < 4.78 is 7.39. The number of hydrogen-bond acceptors (Lipinski definition) is 3. The van der Waals surface area contributed by atoms with E-state index in [0.717, 1.165) is 33.6 Å². The molecule has 0 aliphatic carbocycles. The Labute approximate surface area is 133 Å². The first-order valence-electron chi connectivity index (χ1n) is 7.55. The molecular weight excluding hydrogens is 288 g/mol. The minimum Gasteiger partial charge on any atom is -0.497 e. The summed E-state index contributed by atoms with van der Waals surface area (Å²) in [4.78, 5) is 7.94. The minimum atomic E-state index is 0.699. The molecule has 0 saturated carbocycles. The third-order valence-corrected chi connectivity index (χ3v) is 4.20. The summed E-state index contributed by atoms with van der Waals surface area (Å²) in [5, 5.41) is 4.59. The Morgan fingerprint density at radius 1 is 1.22 bits per heavy atom. The molecule has 4 rings (SSSR count). The number of fused-ring (bicyclic) bond motifs is 2. The zero-order chi connectivity index (χ0) is 15.8. The van der Waals surface area contributed by atoms with E-state index >= 15 is 0 Å². The highest BCUT2D eigenvalue weighted by Gasteiger charge is 2.09. The van der Waals surface area contributed by atoms with Crippen LogP contribution in [0.5, 0.6) is 5.75 Å². The largest absolute Gasteiger partial charge is 0.497 e. The first-order valence-corrected chi connectivity index (χ1v) is 7.55. The van der Waals surface area contributed by atoms with Crippen LogP contribution in [0.15, 0.2) is 48.7 Å². The van der Waals surface area contributed by atoms with E-state index in [0.29, 0.717) is 6.54 Å². The molecule has 0 amide bonds. The van der Waals surface area contributed by atoms with Crippen LogP contribution in [-0.4, -0.2) is 21.6 Å². The van der Waals surface area contributed by atoms with Gasteiger partial charge in [-0.3, -0.25) is 0 Å². The van der Waals surface area contributed by atoms with Crippen molar-refractivity contribution in [2.24, 2.45) is 7.05 Å². The Balaban J connectivity index is 1.64. The number of aromatic amines is 1. The van der Waals surface area contributed by atoms with Gasteiger partial charge in [0.15, 0.2) is 0 Å². The second-order valence-electron chi connectivity index (χ2n) is 5.56. The number of methoxy groups -OCH3 is 1. The maximum atomic E-state index is 5.32. The Morgan fingerprint density at radius 2 is 2.09 bits per heavy atom. The van der Waals surface area contributed by atoms with E-state index in [4.69, 9.17) is 4.74 Å². The molecule has 0 fully saturated rings. The summed E-state index contributed by atoms with van der Waals surface area (Å²) in [5.41, 5.74) is 4.41. The fraction of sp³-hybridized carbons (Fsp3) is 0.167. The molecule has 2 aromatic heterocycles. The van der Waals surface area contributed by atoms with Gasteiger partial charge in [-0.15, -0.1) is 0 Å². The Morgan fingerprint density at radius 3 is 2.91 bits per heavy atom. The fourth-order valence-electron chi connectivity index (χ4n) is 2.91. The lowest BCUT2D eigenvalue weighted by atomic mass is 10.1. The maximum absolute atomic E-state index is 5.32. The average molecular weight is 306 g/mol. The predicted molar refractivity (Wildman–Crippen MR) is 92.9 cm³/mol. The van der Waals surface area contributed by atoms with Crippen LogP contribution in [0.1, 0.15) is 5.56 Å². The first-order chi connectivity index (χ1) is 11.3. The molecule has 4 aromatic rings. The SMILES string of the molecule is COc1ccc2[nH]cc(CNc3nc4ccccc4n3C)c2c1. The van der Waals surface area contributed by atoms with Crippen LogP contribution in [-0.2, 0) is 13.6 Å². The molecule has 0 aliphatic heterocycles. The van der Waals surface area contributed by atoms with Crippen molar-refractivity contribution in [2.45, 2.75) is 6.54 Å². The second-order valence-corrected chi connectivity index (χ2v) is 5.56. The number of rotatable bonds is 4. The number of aromatic nitrogens is 3. The topological polar surface area (TPSA) is 54.9 Å². The third kappa shape index (κ3) is 2.30. The zero-order valence-corrected chi connectivity index (χ0v) is 13.1. The second kappa shape index (κ2) is 5.35. The van der Waals surface area contributed by atoms with Crippen molar-refractivity contribution in [1.29, 1.82) is 0 Å². The highest BCUT2D eigenvalue weighted by molar-refractivity contribution is 5.85. The minimum absolute atomic E-state index is 0.699. The predicted octanol–water partition coefficient (Wildman–Crippen LogP) is 3.68. The summed E-state index contributed by atoms with van der Waals surface area (Å²) in [6.07, 6.45) is 2.03. The van der Waals surface area contributed by atoms with E-state index < -0.39 is 0 Å². The summed E-state index contributed by atoms with van der Waals surface area (Å²) in [6.45, 7) is 0.699. The number of nitrogens with one attached hydrogen (secondary N) is 2. The van der Waals surface area contributed by atoms with Crippen LogP contribution in [0.3, 0.4) is 0 Å². The number of aryl methyl sites for hydroxylation is 1. The highest BCUT2D eigenvalue weighted by atomic mass is 16.5. The molecule has 0 bridgehead atoms. The molecule has 0 spiro atoms. The number of benzene rings is 2. The lowest BCUT2D eigenvalue weighted by Gasteiger charge is -2.06. The van der Waals surface area contributed by atoms with Gasteiger partial charge in [0.25, 0.3) is 0 Å². The molecular formula is C18H18N4O. The third-order valence-electron chi connectivity index (χ3n) is 4.20. The molecule has 0 radical (unpaired) electrons. The van der Waals surface area contributed by atoms with Crippen molar-refractivity contribution in [2.75, 3.05) is 12.4 Å². The summed E-state index contributed by atoms with van der Waals surface area (Å²) in [5.74, 6) is 1.73. The average Bonchev–Trinajstić information content (AvgIpc) is 3.14. The van der Waals surface area contributed by atoms with Crippen LogP contribution >= 0.6 is 0 Å². The van der Waals surface area contributed by atoms with E-state index in [1.165, 1.54) is 5.56 Å². The molecule has 2 N–H and O–H groups in total. The number of nitrogens with zero attached hydrogens (tertiary/aromatic N) is 2. The zero-order valence-electron chi connectivity index (χ0n) is 13.1. The summed E-state index contributed by atoms with van der Waals surface area (Å²) >= 11 is 0. The Bertz CT molecular complexity index is 983. The number of imidazole rings is 1. The van der Waals surface area contributed by atoms with Crippen molar-refractivity contribution in [1.82, 2.24) is 14.5 Å². The normalized spacial score (nSPS) is 11.2. The molecule has 23 heavy (non-hydrogen) atoms. The summed E-state index contributed by atoms with van der Waals surface area (Å²) in [6, 6.07) is 14.2. The molecule has 0 aliphatic rings. The maximum Gasteiger partial charge on any atom is 0.203 e. The number of hydrogen-bond donors (Lipinski definition) is 2. The van der Waals surface area contributed by atoms with Crippen LogP contribution in [0, 0.1) is 0 Å². The summed E-state index contributed by atoms with van der Waals surface area (Å²) in [7, 11) is 3.71. The van der Waals surface area contributed by atoms with Gasteiger partial charge >= 0.3 is 0 Å². The van der Waals surface area contributed by atoms with Crippen LogP contribution < -0.4 is 10.1 Å². The monoisotopic (exact) mass is 306 g/mol. The van der Waals surface area contributed by atoms with Crippen LogP contribution in [0.25, 0.3) is 21.9 Å². The van der Waals surface area contributed by atoms with Crippen molar-refractivity contribution < 1.29 is 4.74 Å². The number of H-pyrrole nitrogens is 1. The first kappa shape index (κ1) is 13.7. The standard InChI is InChI=1S/C18H18N4O/c1-22-17-6-4-3-5-16(17)21-18(22)20-11-12-10-19-15-8-7-13(23-2)9-14(12)15/h3-10,19H,11H2,1-2H3,(H,20,21). The molecule has 0 saturated heterocycles.